The number of nitrogens with one attached hydrogen (secondary N) is 1. The van der Waals surface area contributed by atoms with E-state index in [4.69, 9.17) is 4.74 Å². The van der Waals surface area contributed by atoms with Crippen LogP contribution >= 0.6 is 0 Å². The number of aromatic nitrogens is 1. The number of aliphatic hydroxyl groups is 1. The van der Waals surface area contributed by atoms with Gasteiger partial charge in [-0.3, -0.25) is 4.90 Å². The van der Waals surface area contributed by atoms with Crippen LogP contribution in [0.3, 0.4) is 0 Å². The van der Waals surface area contributed by atoms with Crippen molar-refractivity contribution in [2.45, 2.75) is 39.2 Å². The molecule has 2 aromatic rings. The Hall–Kier alpha value is -1.94. The fourth-order valence-electron chi connectivity index (χ4n) is 5.02. The van der Waals surface area contributed by atoms with Gasteiger partial charge in [-0.05, 0) is 54.9 Å². The molecule has 1 fully saturated rings. The Morgan fingerprint density at radius 1 is 1.44 bits per heavy atom. The van der Waals surface area contributed by atoms with E-state index in [0.717, 1.165) is 43.7 Å². The van der Waals surface area contributed by atoms with E-state index in [1.807, 2.05) is 0 Å². The van der Waals surface area contributed by atoms with Crippen LogP contribution < -0.4 is 4.74 Å². The van der Waals surface area contributed by atoms with Crippen LogP contribution in [0.25, 0.3) is 10.9 Å². The topological polar surface area (TPSA) is 48.5 Å². The van der Waals surface area contributed by atoms with Gasteiger partial charge in [0.1, 0.15) is 5.75 Å². The fourth-order valence-corrected chi connectivity index (χ4v) is 5.02. The average Bonchev–Trinajstić information content (AvgIpc) is 3.05. The monoisotopic (exact) mass is 340 g/mol. The number of rotatable bonds is 3. The number of hydrogen-bond donors (Lipinski definition) is 2. The number of methoxy groups -OCH3 is 1. The summed E-state index contributed by atoms with van der Waals surface area (Å²) in [5.74, 6) is 2.05. The molecule has 1 aromatic carbocycles. The molecule has 2 N–H and O–H groups in total. The minimum absolute atomic E-state index is 0.406. The maximum atomic E-state index is 9.57. The second-order valence-corrected chi connectivity index (χ2v) is 7.54. The Morgan fingerprint density at radius 3 is 3.00 bits per heavy atom. The highest BCUT2D eigenvalue weighted by Crippen LogP contribution is 2.46. The molecular formula is C21H28N2O2. The minimum atomic E-state index is 0.406. The predicted molar refractivity (Wildman–Crippen MR) is 101 cm³/mol. The van der Waals surface area contributed by atoms with Crippen LogP contribution in [0.1, 0.15) is 44.0 Å². The van der Waals surface area contributed by atoms with Gasteiger partial charge < -0.3 is 14.8 Å². The second-order valence-electron chi connectivity index (χ2n) is 7.54. The third kappa shape index (κ3) is 2.54. The third-order valence-corrected chi connectivity index (χ3v) is 6.39. The summed E-state index contributed by atoms with van der Waals surface area (Å²) in [6.45, 7) is 6.56. The number of H-pyrrole nitrogens is 1. The van der Waals surface area contributed by atoms with E-state index in [0.29, 0.717) is 17.9 Å². The van der Waals surface area contributed by atoms with E-state index in [9.17, 15) is 5.11 Å². The minimum Gasteiger partial charge on any atom is -0.516 e. The van der Waals surface area contributed by atoms with Gasteiger partial charge in [-0.25, -0.2) is 0 Å². The standard InChI is InChI=1S/C21H28N2O2/c1-4-14-11-23-9-8-15-20-17(6-5-7-19(20)25-3)22-21(15)18(23)10-16(14)13(2)12-24/h5-7,12,14,16,18,22,24H,4,8-11H2,1-3H3/t14-,16-,18+/m1/s1. The first-order valence-corrected chi connectivity index (χ1v) is 9.40. The SMILES string of the molecule is CC[C@@H]1CN2CCc3c([nH]c4cccc(OC)c34)[C@@H]2C[C@@H]1C(C)=CO. The molecule has 3 heterocycles. The number of benzene rings is 1. The Morgan fingerprint density at radius 2 is 2.28 bits per heavy atom. The smallest absolute Gasteiger partial charge is 0.128 e. The zero-order valence-corrected chi connectivity index (χ0v) is 15.4. The van der Waals surface area contributed by atoms with Crippen LogP contribution in [0.15, 0.2) is 30.0 Å². The molecule has 1 saturated heterocycles. The first-order chi connectivity index (χ1) is 12.2. The highest BCUT2D eigenvalue weighted by Gasteiger charge is 2.40. The summed E-state index contributed by atoms with van der Waals surface area (Å²) >= 11 is 0. The zero-order valence-electron chi connectivity index (χ0n) is 15.4. The summed E-state index contributed by atoms with van der Waals surface area (Å²) in [5.41, 5.74) is 5.08. The van der Waals surface area contributed by atoms with Crippen molar-refractivity contribution in [1.82, 2.24) is 9.88 Å². The lowest BCUT2D eigenvalue weighted by atomic mass is 9.74. The summed E-state index contributed by atoms with van der Waals surface area (Å²) < 4.78 is 5.62. The summed E-state index contributed by atoms with van der Waals surface area (Å²) in [5, 5.41) is 10.8. The highest BCUT2D eigenvalue weighted by molar-refractivity contribution is 5.91. The zero-order chi connectivity index (χ0) is 17.6. The molecule has 3 atom stereocenters. The predicted octanol–water partition coefficient (Wildman–Crippen LogP) is 4.58. The molecular weight excluding hydrogens is 312 g/mol. The summed E-state index contributed by atoms with van der Waals surface area (Å²) in [6, 6.07) is 6.66. The van der Waals surface area contributed by atoms with Crippen molar-refractivity contribution in [3.05, 3.63) is 41.3 Å². The molecule has 2 aliphatic heterocycles. The molecule has 4 rings (SSSR count). The van der Waals surface area contributed by atoms with Crippen molar-refractivity contribution in [2.75, 3.05) is 20.2 Å². The van der Waals surface area contributed by atoms with E-state index in [2.05, 4.69) is 41.9 Å². The maximum absolute atomic E-state index is 9.57. The van der Waals surface area contributed by atoms with E-state index in [1.165, 1.54) is 28.4 Å². The van der Waals surface area contributed by atoms with Crippen molar-refractivity contribution in [2.24, 2.45) is 11.8 Å². The van der Waals surface area contributed by atoms with Gasteiger partial charge in [-0.15, -0.1) is 0 Å². The molecule has 0 aliphatic carbocycles. The van der Waals surface area contributed by atoms with E-state index in [-0.39, 0.29) is 0 Å². The van der Waals surface area contributed by atoms with Crippen LogP contribution in [0, 0.1) is 11.8 Å². The molecule has 4 heteroatoms. The second kappa shape index (κ2) is 6.41. The molecule has 0 radical (unpaired) electrons. The van der Waals surface area contributed by atoms with Crippen molar-refractivity contribution in [3.8, 4) is 5.75 Å². The van der Waals surface area contributed by atoms with E-state index >= 15 is 0 Å². The molecule has 0 unspecified atom stereocenters. The first-order valence-electron chi connectivity index (χ1n) is 9.40. The molecule has 25 heavy (non-hydrogen) atoms. The molecule has 2 aliphatic rings. The van der Waals surface area contributed by atoms with Gasteiger partial charge in [0.25, 0.3) is 0 Å². The fraction of sp³-hybridized carbons (Fsp3) is 0.524. The number of piperidine rings is 1. The van der Waals surface area contributed by atoms with Gasteiger partial charge in [0.05, 0.1) is 19.4 Å². The first kappa shape index (κ1) is 16.5. The maximum Gasteiger partial charge on any atom is 0.128 e. The molecule has 0 saturated carbocycles. The van der Waals surface area contributed by atoms with Crippen LogP contribution in [-0.4, -0.2) is 35.2 Å². The molecule has 4 nitrogen and oxygen atoms in total. The van der Waals surface area contributed by atoms with Crippen LogP contribution in [-0.2, 0) is 6.42 Å². The Kier molecular flexibility index (Phi) is 4.24. The van der Waals surface area contributed by atoms with Crippen molar-refractivity contribution in [1.29, 1.82) is 0 Å². The lowest BCUT2D eigenvalue weighted by molar-refractivity contribution is 0.0629. The van der Waals surface area contributed by atoms with Crippen molar-refractivity contribution in [3.63, 3.8) is 0 Å². The highest BCUT2D eigenvalue weighted by atomic mass is 16.5. The Balaban J connectivity index is 1.78. The number of fused-ring (bicyclic) bond motifs is 5. The molecule has 1 aromatic heterocycles. The van der Waals surface area contributed by atoms with Gasteiger partial charge in [0.2, 0.25) is 0 Å². The van der Waals surface area contributed by atoms with Gasteiger partial charge >= 0.3 is 0 Å². The number of aliphatic hydroxyl groups excluding tert-OH is 1. The molecule has 0 bridgehead atoms. The van der Waals surface area contributed by atoms with E-state index in [1.54, 1.807) is 7.11 Å². The normalized spacial score (nSPS) is 27.2. The number of ether oxygens (including phenoxy) is 1. The van der Waals surface area contributed by atoms with Crippen LogP contribution in [0.4, 0.5) is 0 Å². The molecule has 134 valence electrons. The van der Waals surface area contributed by atoms with Crippen molar-refractivity contribution >= 4 is 10.9 Å². The van der Waals surface area contributed by atoms with Crippen molar-refractivity contribution < 1.29 is 9.84 Å². The molecule has 0 amide bonds. The van der Waals surface area contributed by atoms with E-state index < -0.39 is 0 Å². The molecule has 0 spiro atoms. The van der Waals surface area contributed by atoms with Gasteiger partial charge in [-0.1, -0.05) is 19.4 Å². The average molecular weight is 340 g/mol. The lowest BCUT2D eigenvalue weighted by Gasteiger charge is -2.46. The lowest BCUT2D eigenvalue weighted by Crippen LogP contribution is -2.46. The summed E-state index contributed by atoms with van der Waals surface area (Å²) in [7, 11) is 1.75. The number of allylic oxidation sites excluding steroid dienone is 1. The van der Waals surface area contributed by atoms with Gasteiger partial charge in [0, 0.05) is 29.7 Å². The summed E-state index contributed by atoms with van der Waals surface area (Å²) in [6.07, 6.45) is 4.62. The Labute approximate surface area is 149 Å². The third-order valence-electron chi connectivity index (χ3n) is 6.39. The van der Waals surface area contributed by atoms with Crippen LogP contribution in [0.5, 0.6) is 5.75 Å². The van der Waals surface area contributed by atoms with Gasteiger partial charge in [-0.2, -0.15) is 0 Å². The number of nitrogens with zero attached hydrogens (tertiary/aromatic N) is 1. The number of aromatic amines is 1. The largest absolute Gasteiger partial charge is 0.516 e. The number of hydrogen-bond acceptors (Lipinski definition) is 3. The van der Waals surface area contributed by atoms with Crippen LogP contribution in [0.2, 0.25) is 0 Å². The Bertz CT molecular complexity index is 808. The summed E-state index contributed by atoms with van der Waals surface area (Å²) in [4.78, 5) is 6.34. The quantitative estimate of drug-likeness (QED) is 0.804. The van der Waals surface area contributed by atoms with Gasteiger partial charge in [0.15, 0.2) is 0 Å².